The number of carbonyl (C=O) groups is 1. The zero-order valence-electron chi connectivity index (χ0n) is 6.49. The van der Waals surface area contributed by atoms with Gasteiger partial charge in [0.25, 0.3) is 0 Å². The van der Waals surface area contributed by atoms with Crippen molar-refractivity contribution in [1.82, 2.24) is 0 Å². The highest BCUT2D eigenvalue weighted by Gasteiger charge is 2.10. The number of carboxylic acid groups (broad SMARTS) is 1. The molecule has 0 saturated heterocycles. The van der Waals surface area contributed by atoms with Crippen molar-refractivity contribution in [3.05, 3.63) is 21.9 Å². The highest BCUT2D eigenvalue weighted by Crippen LogP contribution is 2.17. The Labute approximate surface area is 74.3 Å². The Morgan fingerprint density at radius 1 is 1.58 bits per heavy atom. The van der Waals surface area contributed by atoms with E-state index in [1.165, 1.54) is 11.3 Å². The molecule has 0 saturated carbocycles. The lowest BCUT2D eigenvalue weighted by molar-refractivity contribution is 0.0701. The molecular weight excluding hydrogens is 176 g/mol. The van der Waals surface area contributed by atoms with Crippen molar-refractivity contribution in [2.45, 2.75) is 12.8 Å². The smallest absolute Gasteiger partial charge is 0.346 e. The number of thiophene rings is 1. The van der Waals surface area contributed by atoms with E-state index in [1.807, 2.05) is 0 Å². The Kier molecular flexibility index (Phi) is 3.25. The molecule has 0 atom stereocenters. The first-order valence-electron chi connectivity index (χ1n) is 3.66. The van der Waals surface area contributed by atoms with Crippen LogP contribution in [0.1, 0.15) is 21.7 Å². The van der Waals surface area contributed by atoms with Crippen LogP contribution in [0.3, 0.4) is 0 Å². The molecule has 1 rings (SSSR count). The molecular formula is C8H10O3S. The Morgan fingerprint density at radius 3 is 2.92 bits per heavy atom. The summed E-state index contributed by atoms with van der Waals surface area (Å²) in [5.41, 5.74) is 0.821. The molecule has 2 N–H and O–H groups in total. The van der Waals surface area contributed by atoms with E-state index in [1.54, 1.807) is 11.4 Å². The third-order valence-corrected chi connectivity index (χ3v) is 2.49. The predicted octanol–water partition coefficient (Wildman–Crippen LogP) is 1.37. The van der Waals surface area contributed by atoms with Crippen molar-refractivity contribution >= 4 is 17.3 Å². The van der Waals surface area contributed by atoms with Crippen molar-refractivity contribution in [3.63, 3.8) is 0 Å². The minimum absolute atomic E-state index is 0.106. The van der Waals surface area contributed by atoms with Gasteiger partial charge in [-0.15, -0.1) is 11.3 Å². The molecule has 0 spiro atoms. The van der Waals surface area contributed by atoms with Gasteiger partial charge in [0.15, 0.2) is 0 Å². The first-order chi connectivity index (χ1) is 5.75. The molecule has 0 amide bonds. The van der Waals surface area contributed by atoms with Gasteiger partial charge in [-0.1, -0.05) is 0 Å². The lowest BCUT2D eigenvalue weighted by atomic mass is 10.1. The number of hydrogen-bond acceptors (Lipinski definition) is 3. The van der Waals surface area contributed by atoms with Crippen molar-refractivity contribution in [2.24, 2.45) is 0 Å². The van der Waals surface area contributed by atoms with E-state index < -0.39 is 5.97 Å². The summed E-state index contributed by atoms with van der Waals surface area (Å²) in [7, 11) is 0. The number of aromatic carboxylic acids is 1. The Balaban J connectivity index is 2.70. The van der Waals surface area contributed by atoms with E-state index in [4.69, 9.17) is 10.2 Å². The van der Waals surface area contributed by atoms with Crippen LogP contribution in [0, 0.1) is 0 Å². The van der Waals surface area contributed by atoms with E-state index in [-0.39, 0.29) is 6.61 Å². The topological polar surface area (TPSA) is 57.5 Å². The summed E-state index contributed by atoms with van der Waals surface area (Å²) >= 11 is 1.23. The maximum absolute atomic E-state index is 10.6. The van der Waals surface area contributed by atoms with Gasteiger partial charge in [0.05, 0.1) is 0 Å². The summed E-state index contributed by atoms with van der Waals surface area (Å²) < 4.78 is 0. The minimum atomic E-state index is -0.877. The first-order valence-corrected chi connectivity index (χ1v) is 4.54. The summed E-state index contributed by atoms with van der Waals surface area (Å²) in [5, 5.41) is 19.0. The molecule has 0 bridgehead atoms. The highest BCUT2D eigenvalue weighted by atomic mass is 32.1. The molecule has 0 unspecified atom stereocenters. The molecule has 0 aliphatic heterocycles. The molecule has 66 valence electrons. The quantitative estimate of drug-likeness (QED) is 0.746. The molecule has 1 aromatic heterocycles. The summed E-state index contributed by atoms with van der Waals surface area (Å²) in [5.74, 6) is -0.877. The number of aliphatic hydroxyl groups is 1. The molecule has 3 nitrogen and oxygen atoms in total. The molecule has 4 heteroatoms. The molecule has 0 radical (unpaired) electrons. The van der Waals surface area contributed by atoms with Gasteiger partial charge in [-0.05, 0) is 29.9 Å². The second kappa shape index (κ2) is 4.23. The Hall–Kier alpha value is -0.870. The maximum atomic E-state index is 10.6. The number of rotatable bonds is 4. The standard InChI is InChI=1S/C8H10O3S/c9-4-1-2-6-3-5-12-7(6)8(10)11/h3,5,9H,1-2,4H2,(H,10,11). The van der Waals surface area contributed by atoms with Crippen LogP contribution in [-0.4, -0.2) is 22.8 Å². The van der Waals surface area contributed by atoms with Gasteiger partial charge >= 0.3 is 5.97 Å². The number of aliphatic hydroxyl groups excluding tert-OH is 1. The molecule has 0 aliphatic carbocycles. The van der Waals surface area contributed by atoms with Crippen molar-refractivity contribution in [3.8, 4) is 0 Å². The molecule has 0 fully saturated rings. The number of carboxylic acids is 1. The van der Waals surface area contributed by atoms with Crippen LogP contribution in [-0.2, 0) is 6.42 Å². The number of aryl methyl sites for hydroxylation is 1. The summed E-state index contributed by atoms with van der Waals surface area (Å²) in [6, 6.07) is 1.80. The van der Waals surface area contributed by atoms with E-state index in [0.717, 1.165) is 5.56 Å². The molecule has 1 aromatic rings. The molecule has 0 aromatic carbocycles. The van der Waals surface area contributed by atoms with Gasteiger partial charge in [0, 0.05) is 6.61 Å². The van der Waals surface area contributed by atoms with Crippen LogP contribution in [0.4, 0.5) is 0 Å². The highest BCUT2D eigenvalue weighted by molar-refractivity contribution is 7.12. The maximum Gasteiger partial charge on any atom is 0.346 e. The second-order valence-corrected chi connectivity index (χ2v) is 3.32. The predicted molar refractivity (Wildman–Crippen MR) is 46.7 cm³/mol. The summed E-state index contributed by atoms with van der Waals surface area (Å²) in [6.45, 7) is 0.106. The van der Waals surface area contributed by atoms with Crippen LogP contribution in [0.5, 0.6) is 0 Å². The summed E-state index contributed by atoms with van der Waals surface area (Å²) in [4.78, 5) is 11.0. The van der Waals surface area contributed by atoms with E-state index in [0.29, 0.717) is 17.7 Å². The van der Waals surface area contributed by atoms with Crippen LogP contribution >= 0.6 is 11.3 Å². The monoisotopic (exact) mass is 186 g/mol. The van der Waals surface area contributed by atoms with E-state index >= 15 is 0 Å². The van der Waals surface area contributed by atoms with Gasteiger partial charge in [0.1, 0.15) is 4.88 Å². The fraction of sp³-hybridized carbons (Fsp3) is 0.375. The van der Waals surface area contributed by atoms with Gasteiger partial charge in [-0.25, -0.2) is 4.79 Å². The molecule has 1 heterocycles. The zero-order valence-corrected chi connectivity index (χ0v) is 7.30. The number of hydrogen-bond donors (Lipinski definition) is 2. The first kappa shape index (κ1) is 9.22. The minimum Gasteiger partial charge on any atom is -0.477 e. The lowest BCUT2D eigenvalue weighted by Crippen LogP contribution is -1.98. The van der Waals surface area contributed by atoms with Crippen molar-refractivity contribution < 1.29 is 15.0 Å². The average molecular weight is 186 g/mol. The lowest BCUT2D eigenvalue weighted by Gasteiger charge is -1.96. The Morgan fingerprint density at radius 2 is 2.33 bits per heavy atom. The van der Waals surface area contributed by atoms with Gasteiger partial charge in [0.2, 0.25) is 0 Å². The third-order valence-electron chi connectivity index (χ3n) is 1.55. The second-order valence-electron chi connectivity index (χ2n) is 2.41. The summed E-state index contributed by atoms with van der Waals surface area (Å²) in [6.07, 6.45) is 1.26. The molecule has 0 aliphatic rings. The van der Waals surface area contributed by atoms with E-state index in [2.05, 4.69) is 0 Å². The van der Waals surface area contributed by atoms with Crippen LogP contribution in [0.15, 0.2) is 11.4 Å². The SMILES string of the molecule is O=C(O)c1sccc1CCCO. The van der Waals surface area contributed by atoms with Gasteiger partial charge in [-0.2, -0.15) is 0 Å². The van der Waals surface area contributed by atoms with Crippen molar-refractivity contribution in [1.29, 1.82) is 0 Å². The van der Waals surface area contributed by atoms with Crippen LogP contribution in [0.2, 0.25) is 0 Å². The van der Waals surface area contributed by atoms with E-state index in [9.17, 15) is 4.79 Å². The van der Waals surface area contributed by atoms with Crippen LogP contribution in [0.25, 0.3) is 0 Å². The van der Waals surface area contributed by atoms with Crippen LogP contribution < -0.4 is 0 Å². The molecule has 12 heavy (non-hydrogen) atoms. The third kappa shape index (κ3) is 2.06. The fourth-order valence-corrected chi connectivity index (χ4v) is 1.78. The van der Waals surface area contributed by atoms with Gasteiger partial charge < -0.3 is 10.2 Å². The zero-order chi connectivity index (χ0) is 8.97. The normalized spacial score (nSPS) is 10.1. The van der Waals surface area contributed by atoms with Gasteiger partial charge in [-0.3, -0.25) is 0 Å². The van der Waals surface area contributed by atoms with Crippen molar-refractivity contribution in [2.75, 3.05) is 6.61 Å². The Bertz CT molecular complexity index is 267. The average Bonchev–Trinajstić information content (AvgIpc) is 2.48. The fourth-order valence-electron chi connectivity index (χ4n) is 0.990. The largest absolute Gasteiger partial charge is 0.477 e.